The first-order chi connectivity index (χ1) is 8.40. The fourth-order valence-electron chi connectivity index (χ4n) is 2.85. The zero-order valence-electron chi connectivity index (χ0n) is 10.3. The van der Waals surface area contributed by atoms with Crippen molar-refractivity contribution < 1.29 is 0 Å². The molecule has 17 heavy (non-hydrogen) atoms. The van der Waals surface area contributed by atoms with Crippen LogP contribution in [0.15, 0.2) is 24.4 Å². The summed E-state index contributed by atoms with van der Waals surface area (Å²) in [4.78, 5) is 4.75. The first kappa shape index (κ1) is 10.8. The largest absolute Gasteiger partial charge is 0.317 e. The van der Waals surface area contributed by atoms with Crippen molar-refractivity contribution in [2.75, 3.05) is 13.1 Å². The topological polar surface area (TPSA) is 29.3 Å². The van der Waals surface area contributed by atoms with E-state index >= 15 is 0 Å². The monoisotopic (exact) mass is 229 g/mol. The first-order valence-corrected chi connectivity index (χ1v) is 6.56. The molecule has 2 aromatic heterocycles. The second-order valence-electron chi connectivity index (χ2n) is 4.75. The van der Waals surface area contributed by atoms with Crippen LogP contribution in [0.5, 0.6) is 0 Å². The van der Waals surface area contributed by atoms with E-state index in [1.54, 1.807) is 0 Å². The van der Waals surface area contributed by atoms with E-state index in [-0.39, 0.29) is 0 Å². The number of nitrogens with one attached hydrogen (secondary N) is 1. The summed E-state index contributed by atoms with van der Waals surface area (Å²) in [6.45, 7) is 4.47. The Labute approximate surface area is 102 Å². The number of hydrogen-bond donors (Lipinski definition) is 1. The van der Waals surface area contributed by atoms with Crippen LogP contribution in [0.3, 0.4) is 0 Å². The molecule has 3 rings (SSSR count). The van der Waals surface area contributed by atoms with Gasteiger partial charge in [-0.3, -0.25) is 0 Å². The molecule has 90 valence electrons. The summed E-state index contributed by atoms with van der Waals surface area (Å²) in [7, 11) is 0. The normalized spacial score (nSPS) is 17.7. The number of piperidine rings is 1. The fourth-order valence-corrected chi connectivity index (χ4v) is 2.85. The van der Waals surface area contributed by atoms with E-state index in [1.165, 1.54) is 24.2 Å². The minimum absolute atomic E-state index is 0.670. The van der Waals surface area contributed by atoms with Crippen molar-refractivity contribution in [3.63, 3.8) is 0 Å². The molecule has 0 unspecified atom stereocenters. The van der Waals surface area contributed by atoms with Crippen molar-refractivity contribution in [1.29, 1.82) is 0 Å². The van der Waals surface area contributed by atoms with Crippen LogP contribution in [0.2, 0.25) is 0 Å². The van der Waals surface area contributed by atoms with Gasteiger partial charge in [0.05, 0.1) is 5.69 Å². The molecule has 0 amide bonds. The van der Waals surface area contributed by atoms with Gasteiger partial charge >= 0.3 is 0 Å². The van der Waals surface area contributed by atoms with Crippen LogP contribution in [0.1, 0.15) is 37.1 Å². The van der Waals surface area contributed by atoms with Crippen LogP contribution in [0.25, 0.3) is 5.65 Å². The quantitative estimate of drug-likeness (QED) is 0.856. The number of hydrogen-bond acceptors (Lipinski definition) is 2. The summed E-state index contributed by atoms with van der Waals surface area (Å²) in [5.74, 6) is 0.670. The second kappa shape index (κ2) is 4.49. The molecule has 0 bridgehead atoms. The number of fused-ring (bicyclic) bond motifs is 1. The maximum atomic E-state index is 4.75. The Bertz CT molecular complexity index is 509. The molecular formula is C14H19N3. The Balaban J connectivity index is 2.11. The third-order valence-electron chi connectivity index (χ3n) is 3.70. The summed E-state index contributed by atoms with van der Waals surface area (Å²) in [6.07, 6.45) is 5.64. The van der Waals surface area contributed by atoms with Gasteiger partial charge in [-0.1, -0.05) is 13.0 Å². The predicted molar refractivity (Wildman–Crippen MR) is 69.4 cm³/mol. The molecule has 0 saturated carbocycles. The summed E-state index contributed by atoms with van der Waals surface area (Å²) in [5.41, 5.74) is 3.82. The van der Waals surface area contributed by atoms with E-state index in [0.717, 1.165) is 25.2 Å². The fraction of sp³-hybridized carbons (Fsp3) is 0.500. The van der Waals surface area contributed by atoms with Gasteiger partial charge in [-0.2, -0.15) is 0 Å². The standard InChI is InChI=1S/C14H19N3/c1-2-12-14(11-6-8-15-9-7-11)17-10-4-3-5-13(17)16-12/h3-5,10-11,15H,2,6-9H2,1H3. The van der Waals surface area contributed by atoms with Gasteiger partial charge in [-0.05, 0) is 44.5 Å². The number of aromatic nitrogens is 2. The highest BCUT2D eigenvalue weighted by atomic mass is 15.0. The number of rotatable bonds is 2. The molecule has 0 radical (unpaired) electrons. The van der Waals surface area contributed by atoms with Gasteiger partial charge in [-0.25, -0.2) is 4.98 Å². The molecule has 1 aliphatic rings. The lowest BCUT2D eigenvalue weighted by molar-refractivity contribution is 0.449. The lowest BCUT2D eigenvalue weighted by Gasteiger charge is -2.23. The Morgan fingerprint density at radius 3 is 2.94 bits per heavy atom. The molecule has 0 aromatic carbocycles. The Hall–Kier alpha value is -1.35. The van der Waals surface area contributed by atoms with Crippen LogP contribution in [0, 0.1) is 0 Å². The van der Waals surface area contributed by atoms with Gasteiger partial charge < -0.3 is 9.72 Å². The number of pyridine rings is 1. The summed E-state index contributed by atoms with van der Waals surface area (Å²) in [5, 5.41) is 3.43. The smallest absolute Gasteiger partial charge is 0.137 e. The highest BCUT2D eigenvalue weighted by Gasteiger charge is 2.22. The molecule has 3 heteroatoms. The molecule has 2 aromatic rings. The lowest BCUT2D eigenvalue weighted by atomic mass is 9.92. The molecule has 0 aliphatic carbocycles. The molecule has 3 nitrogen and oxygen atoms in total. The Kier molecular flexibility index (Phi) is 2.85. The summed E-state index contributed by atoms with van der Waals surface area (Å²) >= 11 is 0. The first-order valence-electron chi connectivity index (χ1n) is 6.56. The van der Waals surface area contributed by atoms with E-state index in [4.69, 9.17) is 4.98 Å². The van der Waals surface area contributed by atoms with Gasteiger partial charge in [0.2, 0.25) is 0 Å². The van der Waals surface area contributed by atoms with Crippen LogP contribution in [-0.4, -0.2) is 22.5 Å². The zero-order chi connectivity index (χ0) is 11.7. The van der Waals surface area contributed by atoms with E-state index in [2.05, 4.69) is 41.0 Å². The Morgan fingerprint density at radius 1 is 1.35 bits per heavy atom. The van der Waals surface area contributed by atoms with Crippen LogP contribution in [0.4, 0.5) is 0 Å². The molecule has 0 atom stereocenters. The third kappa shape index (κ3) is 1.84. The van der Waals surface area contributed by atoms with Crippen molar-refractivity contribution in [1.82, 2.24) is 14.7 Å². The molecule has 0 spiro atoms. The minimum atomic E-state index is 0.670. The van der Waals surface area contributed by atoms with Crippen LogP contribution >= 0.6 is 0 Å². The average molecular weight is 229 g/mol. The maximum Gasteiger partial charge on any atom is 0.137 e. The highest BCUT2D eigenvalue weighted by molar-refractivity contribution is 5.44. The molecule has 1 N–H and O–H groups in total. The van der Waals surface area contributed by atoms with Gasteiger partial charge in [0.15, 0.2) is 0 Å². The summed E-state index contributed by atoms with van der Waals surface area (Å²) in [6, 6.07) is 6.26. The third-order valence-corrected chi connectivity index (χ3v) is 3.70. The van der Waals surface area contributed by atoms with Gasteiger partial charge in [-0.15, -0.1) is 0 Å². The van der Waals surface area contributed by atoms with E-state index < -0.39 is 0 Å². The second-order valence-corrected chi connectivity index (χ2v) is 4.75. The van der Waals surface area contributed by atoms with Crippen LogP contribution < -0.4 is 5.32 Å². The SMILES string of the molecule is CCc1nc2ccccn2c1C1CCNCC1. The number of nitrogens with zero attached hydrogens (tertiary/aromatic N) is 2. The molecule has 3 heterocycles. The van der Waals surface area contributed by atoms with Gasteiger partial charge in [0.1, 0.15) is 5.65 Å². The van der Waals surface area contributed by atoms with Crippen molar-refractivity contribution in [2.24, 2.45) is 0 Å². The Morgan fingerprint density at radius 2 is 2.18 bits per heavy atom. The van der Waals surface area contributed by atoms with Crippen molar-refractivity contribution in [3.8, 4) is 0 Å². The molecule has 1 aliphatic heterocycles. The van der Waals surface area contributed by atoms with Crippen molar-refractivity contribution >= 4 is 5.65 Å². The highest BCUT2D eigenvalue weighted by Crippen LogP contribution is 2.29. The predicted octanol–water partition coefficient (Wildman–Crippen LogP) is 2.36. The molecule has 1 saturated heterocycles. The van der Waals surface area contributed by atoms with E-state index in [0.29, 0.717) is 5.92 Å². The van der Waals surface area contributed by atoms with E-state index in [9.17, 15) is 0 Å². The molecule has 1 fully saturated rings. The minimum Gasteiger partial charge on any atom is -0.317 e. The molecular weight excluding hydrogens is 210 g/mol. The zero-order valence-corrected chi connectivity index (χ0v) is 10.3. The van der Waals surface area contributed by atoms with Crippen molar-refractivity contribution in [2.45, 2.75) is 32.1 Å². The summed E-state index contributed by atoms with van der Waals surface area (Å²) < 4.78 is 2.29. The van der Waals surface area contributed by atoms with Gasteiger partial charge in [0.25, 0.3) is 0 Å². The van der Waals surface area contributed by atoms with E-state index in [1.807, 2.05) is 0 Å². The number of imidazole rings is 1. The van der Waals surface area contributed by atoms with Crippen LogP contribution in [-0.2, 0) is 6.42 Å². The number of aryl methyl sites for hydroxylation is 1. The lowest BCUT2D eigenvalue weighted by Crippen LogP contribution is -2.27. The van der Waals surface area contributed by atoms with Crippen molar-refractivity contribution in [3.05, 3.63) is 35.8 Å². The average Bonchev–Trinajstić information content (AvgIpc) is 2.78. The van der Waals surface area contributed by atoms with Gasteiger partial charge in [0, 0.05) is 17.8 Å². The maximum absolute atomic E-state index is 4.75.